The number of esters is 1. The molecular weight excluding hydrogens is 518 g/mol. The van der Waals surface area contributed by atoms with Gasteiger partial charge in [0.25, 0.3) is 11.7 Å². The highest BCUT2D eigenvalue weighted by Crippen LogP contribution is 2.42. The third-order valence-electron chi connectivity index (χ3n) is 6.29. The molecular formula is C31H30ClNO6. The second-order valence-electron chi connectivity index (χ2n) is 9.57. The zero-order valence-electron chi connectivity index (χ0n) is 22.2. The molecule has 7 nitrogen and oxygen atoms in total. The molecule has 1 aliphatic heterocycles. The molecule has 1 saturated heterocycles. The van der Waals surface area contributed by atoms with Gasteiger partial charge in [0.15, 0.2) is 0 Å². The standard InChI is InChI=1S/C31H30ClNO6/c1-5-38-23-13-14-25(32)24(16-23)28(34)26-27(22-8-6-7-19(4)15-22)33(30(36)29(26)35)17-20-9-11-21(12-10-20)31(37)39-18(2)3/h6-16,18,27,34H,5,17H2,1-4H3/b28-26+. The number of aliphatic hydroxyl groups excluding tert-OH is 1. The Kier molecular flexibility index (Phi) is 8.41. The summed E-state index contributed by atoms with van der Waals surface area (Å²) in [7, 11) is 0. The van der Waals surface area contributed by atoms with Crippen LogP contribution in [-0.2, 0) is 20.9 Å². The van der Waals surface area contributed by atoms with Crippen LogP contribution in [0.15, 0.2) is 72.3 Å². The molecule has 1 N–H and O–H groups in total. The fourth-order valence-corrected chi connectivity index (χ4v) is 4.75. The van der Waals surface area contributed by atoms with E-state index in [-0.39, 0.29) is 34.6 Å². The third kappa shape index (κ3) is 5.99. The topological polar surface area (TPSA) is 93.1 Å². The van der Waals surface area contributed by atoms with Gasteiger partial charge in [0, 0.05) is 12.1 Å². The summed E-state index contributed by atoms with van der Waals surface area (Å²) < 4.78 is 10.8. The SMILES string of the molecule is CCOc1ccc(Cl)c(/C(O)=C2\C(=O)C(=O)N(Cc3ccc(C(=O)OC(C)C)cc3)C2c2cccc(C)c2)c1. The van der Waals surface area contributed by atoms with Gasteiger partial charge < -0.3 is 19.5 Å². The summed E-state index contributed by atoms with van der Waals surface area (Å²) in [6.07, 6.45) is -0.249. The van der Waals surface area contributed by atoms with Crippen molar-refractivity contribution in [1.82, 2.24) is 4.90 Å². The van der Waals surface area contributed by atoms with Crippen LogP contribution >= 0.6 is 11.6 Å². The molecule has 1 atom stereocenters. The van der Waals surface area contributed by atoms with Gasteiger partial charge in [-0.2, -0.15) is 0 Å². The maximum absolute atomic E-state index is 13.4. The summed E-state index contributed by atoms with van der Waals surface area (Å²) in [4.78, 5) is 40.4. The molecule has 8 heteroatoms. The van der Waals surface area contributed by atoms with Crippen molar-refractivity contribution in [1.29, 1.82) is 0 Å². The molecule has 4 rings (SSSR count). The Morgan fingerprint density at radius 2 is 1.77 bits per heavy atom. The molecule has 0 aliphatic carbocycles. The van der Waals surface area contributed by atoms with Crippen LogP contribution in [0.5, 0.6) is 5.75 Å². The summed E-state index contributed by atoms with van der Waals surface area (Å²) >= 11 is 6.41. The Hall–Kier alpha value is -4.10. The third-order valence-corrected chi connectivity index (χ3v) is 6.62. The quantitative estimate of drug-likeness (QED) is 0.155. The van der Waals surface area contributed by atoms with E-state index in [1.54, 1.807) is 56.3 Å². The van der Waals surface area contributed by atoms with Gasteiger partial charge in [0.1, 0.15) is 11.5 Å². The molecule has 1 heterocycles. The minimum absolute atomic E-state index is 0.0571. The van der Waals surface area contributed by atoms with Gasteiger partial charge in [-0.25, -0.2) is 4.79 Å². The number of aryl methyl sites for hydroxylation is 1. The molecule has 0 aromatic heterocycles. The number of aliphatic hydroxyl groups is 1. The summed E-state index contributed by atoms with van der Waals surface area (Å²) in [6.45, 7) is 7.77. The number of benzene rings is 3. The molecule has 0 saturated carbocycles. The zero-order chi connectivity index (χ0) is 28.3. The zero-order valence-corrected chi connectivity index (χ0v) is 23.0. The minimum Gasteiger partial charge on any atom is -0.507 e. The second-order valence-corrected chi connectivity index (χ2v) is 9.97. The number of carbonyl (C=O) groups is 3. The molecule has 202 valence electrons. The Bertz CT molecular complexity index is 1440. The molecule has 39 heavy (non-hydrogen) atoms. The molecule has 0 radical (unpaired) electrons. The van der Waals surface area contributed by atoms with E-state index < -0.39 is 23.7 Å². The van der Waals surface area contributed by atoms with Crippen LogP contribution in [0.4, 0.5) is 0 Å². The van der Waals surface area contributed by atoms with E-state index in [2.05, 4.69) is 0 Å². The van der Waals surface area contributed by atoms with Crippen molar-refractivity contribution < 1.29 is 29.0 Å². The van der Waals surface area contributed by atoms with Gasteiger partial charge in [0.05, 0.1) is 34.9 Å². The van der Waals surface area contributed by atoms with Crippen molar-refractivity contribution in [3.63, 3.8) is 0 Å². The predicted molar refractivity (Wildman–Crippen MR) is 149 cm³/mol. The Morgan fingerprint density at radius 1 is 1.05 bits per heavy atom. The number of carbonyl (C=O) groups excluding carboxylic acids is 3. The Balaban J connectivity index is 1.78. The van der Waals surface area contributed by atoms with Gasteiger partial charge in [-0.1, -0.05) is 53.6 Å². The van der Waals surface area contributed by atoms with Crippen molar-refractivity contribution >= 4 is 35.0 Å². The van der Waals surface area contributed by atoms with Crippen LogP contribution in [-0.4, -0.2) is 40.4 Å². The number of amides is 1. The van der Waals surface area contributed by atoms with E-state index in [9.17, 15) is 19.5 Å². The summed E-state index contributed by atoms with van der Waals surface area (Å²) in [5.74, 6) is -1.90. The molecule has 1 amide bonds. The van der Waals surface area contributed by atoms with Gasteiger partial charge in [-0.3, -0.25) is 9.59 Å². The number of Topliss-reactive ketones (excluding diaryl/α,β-unsaturated/α-hetero) is 1. The number of hydrogen-bond acceptors (Lipinski definition) is 6. The van der Waals surface area contributed by atoms with Crippen LogP contribution in [0.2, 0.25) is 5.02 Å². The molecule has 0 bridgehead atoms. The highest BCUT2D eigenvalue weighted by Gasteiger charge is 2.46. The van der Waals surface area contributed by atoms with Crippen molar-refractivity contribution in [2.24, 2.45) is 0 Å². The van der Waals surface area contributed by atoms with Crippen LogP contribution in [0.25, 0.3) is 5.76 Å². The fourth-order valence-electron chi connectivity index (χ4n) is 4.54. The lowest BCUT2D eigenvalue weighted by Crippen LogP contribution is -2.29. The largest absolute Gasteiger partial charge is 0.507 e. The first-order chi connectivity index (χ1) is 18.6. The number of nitrogens with zero attached hydrogens (tertiary/aromatic N) is 1. The number of ether oxygens (including phenoxy) is 2. The lowest BCUT2D eigenvalue weighted by molar-refractivity contribution is -0.140. The summed E-state index contributed by atoms with van der Waals surface area (Å²) in [5.41, 5.74) is 2.83. The van der Waals surface area contributed by atoms with Crippen LogP contribution in [0, 0.1) is 6.92 Å². The van der Waals surface area contributed by atoms with E-state index in [1.807, 2.05) is 38.1 Å². The number of rotatable bonds is 8. The first-order valence-electron chi connectivity index (χ1n) is 12.7. The molecule has 3 aromatic carbocycles. The number of ketones is 1. The lowest BCUT2D eigenvalue weighted by Gasteiger charge is -2.26. The van der Waals surface area contributed by atoms with E-state index >= 15 is 0 Å². The van der Waals surface area contributed by atoms with Crippen LogP contribution < -0.4 is 4.74 Å². The number of likely N-dealkylation sites (tertiary alicyclic amines) is 1. The molecule has 0 spiro atoms. The maximum Gasteiger partial charge on any atom is 0.338 e. The highest BCUT2D eigenvalue weighted by molar-refractivity contribution is 6.47. The normalized spacial score (nSPS) is 16.6. The van der Waals surface area contributed by atoms with Gasteiger partial charge in [-0.15, -0.1) is 0 Å². The highest BCUT2D eigenvalue weighted by atomic mass is 35.5. The van der Waals surface area contributed by atoms with Crippen molar-refractivity contribution in [2.45, 2.75) is 46.4 Å². The van der Waals surface area contributed by atoms with E-state index in [0.717, 1.165) is 5.56 Å². The fraction of sp³-hybridized carbons (Fsp3) is 0.258. The molecule has 1 aliphatic rings. The molecule has 1 unspecified atom stereocenters. The first kappa shape index (κ1) is 27.9. The average molecular weight is 548 g/mol. The molecule has 3 aromatic rings. The smallest absolute Gasteiger partial charge is 0.338 e. The van der Waals surface area contributed by atoms with Gasteiger partial charge in [-0.05, 0) is 69.2 Å². The maximum atomic E-state index is 13.4. The second kappa shape index (κ2) is 11.7. The minimum atomic E-state index is -0.859. The van der Waals surface area contributed by atoms with Gasteiger partial charge >= 0.3 is 5.97 Å². The summed E-state index contributed by atoms with van der Waals surface area (Å²) in [6, 6.07) is 18.0. The summed E-state index contributed by atoms with van der Waals surface area (Å²) in [5, 5.41) is 11.6. The number of halogens is 1. The monoisotopic (exact) mass is 547 g/mol. The van der Waals surface area contributed by atoms with Crippen molar-refractivity contribution in [3.05, 3.63) is 105 Å². The molecule has 1 fully saturated rings. The van der Waals surface area contributed by atoms with Crippen molar-refractivity contribution in [2.75, 3.05) is 6.61 Å². The average Bonchev–Trinajstić information content (AvgIpc) is 3.14. The number of hydrogen-bond donors (Lipinski definition) is 1. The van der Waals surface area contributed by atoms with Crippen LogP contribution in [0.3, 0.4) is 0 Å². The van der Waals surface area contributed by atoms with E-state index in [0.29, 0.717) is 29.0 Å². The van der Waals surface area contributed by atoms with E-state index in [1.165, 1.54) is 4.90 Å². The van der Waals surface area contributed by atoms with Gasteiger partial charge in [0.2, 0.25) is 0 Å². The van der Waals surface area contributed by atoms with Crippen LogP contribution in [0.1, 0.15) is 59.4 Å². The van der Waals surface area contributed by atoms with E-state index in [4.69, 9.17) is 21.1 Å². The lowest BCUT2D eigenvalue weighted by atomic mass is 9.94. The first-order valence-corrected chi connectivity index (χ1v) is 13.1. The van der Waals surface area contributed by atoms with Crippen molar-refractivity contribution in [3.8, 4) is 5.75 Å². The Labute approximate surface area is 232 Å². The Morgan fingerprint density at radius 3 is 2.41 bits per heavy atom. The predicted octanol–water partition coefficient (Wildman–Crippen LogP) is 6.23.